The van der Waals surface area contributed by atoms with Crippen LogP contribution in [0.25, 0.3) is 0 Å². The van der Waals surface area contributed by atoms with E-state index in [4.69, 9.17) is 4.42 Å². The minimum Gasteiger partial charge on any atom is -0.459 e. The summed E-state index contributed by atoms with van der Waals surface area (Å²) in [6.07, 6.45) is 6.42. The lowest BCUT2D eigenvalue weighted by atomic mass is 9.80. The first-order chi connectivity index (χ1) is 17.9. The van der Waals surface area contributed by atoms with Crippen molar-refractivity contribution < 1.29 is 28.0 Å². The number of hydrogen-bond donors (Lipinski definition) is 2. The van der Waals surface area contributed by atoms with Gasteiger partial charge in [0, 0.05) is 19.5 Å². The monoisotopic (exact) mass is 510 g/mol. The quantitative estimate of drug-likeness (QED) is 0.618. The minimum atomic E-state index is -1.10. The Morgan fingerprint density at radius 1 is 1.03 bits per heavy atom. The van der Waals surface area contributed by atoms with E-state index < -0.39 is 23.3 Å². The summed E-state index contributed by atoms with van der Waals surface area (Å²) in [6.45, 7) is 0.988. The summed E-state index contributed by atoms with van der Waals surface area (Å²) in [5.74, 6) is -1.36. The first-order valence-corrected chi connectivity index (χ1v) is 12.9. The number of halogens is 1. The lowest BCUT2D eigenvalue weighted by molar-refractivity contribution is -0.133. The number of carbonyl (C=O) groups is 4. The number of rotatable bonds is 6. The molecule has 2 aliphatic heterocycles. The zero-order valence-electron chi connectivity index (χ0n) is 20.6. The summed E-state index contributed by atoms with van der Waals surface area (Å²) in [5.41, 5.74) is 0.00332. The third-order valence-electron chi connectivity index (χ3n) is 7.61. The largest absolute Gasteiger partial charge is 0.459 e. The number of hydrogen-bond acceptors (Lipinski definition) is 6. The molecule has 1 saturated carbocycles. The first kappa shape index (κ1) is 25.0. The molecule has 9 nitrogen and oxygen atoms in total. The van der Waals surface area contributed by atoms with Gasteiger partial charge in [0.2, 0.25) is 11.8 Å². The molecule has 37 heavy (non-hydrogen) atoms. The second kappa shape index (κ2) is 10.4. The lowest BCUT2D eigenvalue weighted by Crippen LogP contribution is -2.63. The number of ketones is 1. The highest BCUT2D eigenvalue weighted by molar-refractivity contribution is 6.01. The first-order valence-electron chi connectivity index (χ1n) is 12.9. The summed E-state index contributed by atoms with van der Waals surface area (Å²) in [4.78, 5) is 55.1. The second-order valence-corrected chi connectivity index (χ2v) is 10.1. The van der Waals surface area contributed by atoms with Gasteiger partial charge in [-0.1, -0.05) is 19.3 Å². The highest BCUT2D eigenvalue weighted by Crippen LogP contribution is 2.35. The molecule has 1 unspecified atom stereocenters. The number of piperidine rings is 1. The fourth-order valence-corrected chi connectivity index (χ4v) is 5.61. The third-order valence-corrected chi connectivity index (χ3v) is 7.61. The molecule has 1 aromatic carbocycles. The SMILES string of the molecule is O=C(NC1(C(=O)NC2CCN(c3ccc(F)cc3N3CCCC3=O)CC2=O)CCCCC1)c1ccco1. The van der Waals surface area contributed by atoms with Crippen molar-refractivity contribution in [3.8, 4) is 0 Å². The molecule has 2 aromatic rings. The summed E-state index contributed by atoms with van der Waals surface area (Å²) in [6, 6.07) is 6.73. The van der Waals surface area contributed by atoms with Crippen molar-refractivity contribution in [2.75, 3.05) is 29.4 Å². The van der Waals surface area contributed by atoms with Gasteiger partial charge < -0.3 is 24.9 Å². The molecule has 3 heterocycles. The Balaban J connectivity index is 1.28. The van der Waals surface area contributed by atoms with E-state index in [0.717, 1.165) is 19.3 Å². The van der Waals surface area contributed by atoms with Crippen LogP contribution in [0.5, 0.6) is 0 Å². The number of nitrogens with zero attached hydrogens (tertiary/aromatic N) is 2. The fourth-order valence-electron chi connectivity index (χ4n) is 5.61. The maximum atomic E-state index is 14.1. The van der Waals surface area contributed by atoms with E-state index in [9.17, 15) is 23.6 Å². The molecule has 5 rings (SSSR count). The molecule has 0 spiro atoms. The number of Topliss-reactive ketones (excluding diaryl/α,β-unsaturated/α-hetero) is 1. The van der Waals surface area contributed by atoms with Gasteiger partial charge in [-0.05, 0) is 56.0 Å². The van der Waals surface area contributed by atoms with E-state index >= 15 is 0 Å². The summed E-state index contributed by atoms with van der Waals surface area (Å²) < 4.78 is 19.3. The Morgan fingerprint density at radius 3 is 2.51 bits per heavy atom. The van der Waals surface area contributed by atoms with Crippen LogP contribution >= 0.6 is 0 Å². The summed E-state index contributed by atoms with van der Waals surface area (Å²) in [5, 5.41) is 5.79. The van der Waals surface area contributed by atoms with Crippen LogP contribution in [-0.4, -0.2) is 54.7 Å². The Morgan fingerprint density at radius 2 is 1.84 bits per heavy atom. The molecule has 10 heteroatoms. The van der Waals surface area contributed by atoms with Crippen molar-refractivity contribution in [1.29, 1.82) is 0 Å². The number of amides is 3. The van der Waals surface area contributed by atoms with Crippen molar-refractivity contribution in [3.63, 3.8) is 0 Å². The van der Waals surface area contributed by atoms with E-state index in [1.165, 1.54) is 18.4 Å². The van der Waals surface area contributed by atoms with Crippen LogP contribution in [0.2, 0.25) is 0 Å². The summed E-state index contributed by atoms with van der Waals surface area (Å²) in [7, 11) is 0. The average molecular weight is 511 g/mol. The third kappa shape index (κ3) is 5.10. The molecule has 2 N–H and O–H groups in total. The van der Waals surface area contributed by atoms with Gasteiger partial charge in [0.25, 0.3) is 5.91 Å². The molecule has 196 valence electrons. The van der Waals surface area contributed by atoms with Gasteiger partial charge in [0.1, 0.15) is 11.4 Å². The van der Waals surface area contributed by atoms with Gasteiger partial charge in [0.15, 0.2) is 11.5 Å². The molecule has 1 atom stereocenters. The molecule has 3 amide bonds. The number of furan rings is 1. The van der Waals surface area contributed by atoms with Crippen molar-refractivity contribution in [1.82, 2.24) is 10.6 Å². The second-order valence-electron chi connectivity index (χ2n) is 10.1. The van der Waals surface area contributed by atoms with E-state index in [-0.39, 0.29) is 29.9 Å². The molecular weight excluding hydrogens is 479 g/mol. The van der Waals surface area contributed by atoms with Gasteiger partial charge in [-0.15, -0.1) is 0 Å². The average Bonchev–Trinajstić information content (AvgIpc) is 3.58. The van der Waals surface area contributed by atoms with Gasteiger partial charge >= 0.3 is 0 Å². The molecule has 0 radical (unpaired) electrons. The van der Waals surface area contributed by atoms with Crippen LogP contribution in [0.4, 0.5) is 15.8 Å². The minimum absolute atomic E-state index is 0.0252. The number of nitrogens with one attached hydrogen (secondary N) is 2. The molecule has 1 aliphatic carbocycles. The molecule has 3 aliphatic rings. The fraction of sp³-hybridized carbons (Fsp3) is 0.481. The van der Waals surface area contributed by atoms with Crippen molar-refractivity contribution in [2.24, 2.45) is 0 Å². The maximum Gasteiger partial charge on any atom is 0.287 e. The Hall–Kier alpha value is -3.69. The van der Waals surface area contributed by atoms with Crippen LogP contribution in [-0.2, 0) is 14.4 Å². The smallest absolute Gasteiger partial charge is 0.287 e. The topological polar surface area (TPSA) is 112 Å². The zero-order valence-corrected chi connectivity index (χ0v) is 20.6. The van der Waals surface area contributed by atoms with Crippen LogP contribution in [0.1, 0.15) is 61.9 Å². The molecular formula is C27H31FN4O5. The van der Waals surface area contributed by atoms with Crippen LogP contribution in [0.15, 0.2) is 41.0 Å². The molecule has 1 aromatic heterocycles. The van der Waals surface area contributed by atoms with Crippen molar-refractivity contribution in [2.45, 2.75) is 62.9 Å². The maximum absolute atomic E-state index is 14.1. The predicted molar refractivity (Wildman–Crippen MR) is 134 cm³/mol. The predicted octanol–water partition coefficient (Wildman–Crippen LogP) is 2.94. The van der Waals surface area contributed by atoms with E-state index in [1.54, 1.807) is 23.1 Å². The lowest BCUT2D eigenvalue weighted by Gasteiger charge is -2.39. The Kier molecular flexibility index (Phi) is 6.99. The van der Waals surface area contributed by atoms with E-state index in [0.29, 0.717) is 56.6 Å². The number of carbonyl (C=O) groups excluding carboxylic acids is 4. The highest BCUT2D eigenvalue weighted by atomic mass is 19.1. The van der Waals surface area contributed by atoms with E-state index in [1.807, 2.05) is 4.90 Å². The van der Waals surface area contributed by atoms with Gasteiger partial charge in [-0.3, -0.25) is 19.2 Å². The van der Waals surface area contributed by atoms with Crippen LogP contribution in [0, 0.1) is 5.82 Å². The van der Waals surface area contributed by atoms with Gasteiger partial charge in [0.05, 0.1) is 30.2 Å². The molecule has 0 bridgehead atoms. The van der Waals surface area contributed by atoms with Crippen molar-refractivity contribution >= 4 is 34.9 Å². The summed E-state index contributed by atoms with van der Waals surface area (Å²) >= 11 is 0. The van der Waals surface area contributed by atoms with Crippen LogP contribution in [0.3, 0.4) is 0 Å². The Labute approximate surface area is 214 Å². The number of benzene rings is 1. The van der Waals surface area contributed by atoms with Crippen LogP contribution < -0.4 is 20.4 Å². The van der Waals surface area contributed by atoms with E-state index in [2.05, 4.69) is 10.6 Å². The zero-order chi connectivity index (χ0) is 26.0. The molecule has 2 saturated heterocycles. The standard InChI is InChI=1S/C27H31FN4O5/c28-18-8-9-20(21(16-18)32-13-4-7-24(32)34)31-14-10-19(22(33)17-31)29-26(36)27(11-2-1-3-12-27)30-25(35)23-6-5-15-37-23/h5-6,8-9,15-16,19H,1-4,7,10-14,17H2,(H,29,36)(H,30,35). The normalized spacial score (nSPS) is 21.7. The number of anilines is 2. The van der Waals surface area contributed by atoms with Gasteiger partial charge in [-0.2, -0.15) is 0 Å². The van der Waals surface area contributed by atoms with Crippen molar-refractivity contribution in [3.05, 3.63) is 48.2 Å². The van der Waals surface area contributed by atoms with Gasteiger partial charge in [-0.25, -0.2) is 4.39 Å². The molecule has 3 fully saturated rings. The Bertz CT molecular complexity index is 1190. The highest BCUT2D eigenvalue weighted by Gasteiger charge is 2.43.